The van der Waals surface area contributed by atoms with E-state index in [1.54, 1.807) is 6.07 Å². The number of anilines is 2. The number of halogens is 4. The number of nitrogens with one attached hydrogen (secondary N) is 2. The summed E-state index contributed by atoms with van der Waals surface area (Å²) < 4.78 is 38.5. The number of phenolic OH excluding ortho intramolecular Hbond substituents is 1. The van der Waals surface area contributed by atoms with Gasteiger partial charge in [0.1, 0.15) is 17.4 Å². The Morgan fingerprint density at radius 2 is 1.77 bits per heavy atom. The van der Waals surface area contributed by atoms with Crippen molar-refractivity contribution < 1.29 is 23.1 Å². The molecule has 0 radical (unpaired) electrons. The summed E-state index contributed by atoms with van der Waals surface area (Å²) in [6.45, 7) is 0. The third kappa shape index (κ3) is 4.91. The third-order valence-corrected chi connectivity index (χ3v) is 3.47. The fraction of sp³-hybridized carbons (Fsp3) is 0.0588. The lowest BCUT2D eigenvalue weighted by atomic mass is 10.2. The molecule has 0 saturated carbocycles. The maximum Gasteiger partial charge on any atom is 0.417 e. The molecule has 2 aromatic rings. The molecule has 26 heavy (non-hydrogen) atoms. The molecular weight excluding hydrogens is 371 g/mol. The number of rotatable bonds is 4. The number of amides is 1. The predicted molar refractivity (Wildman–Crippen MR) is 90.5 cm³/mol. The second kappa shape index (κ2) is 7.80. The maximum atomic E-state index is 12.8. The van der Waals surface area contributed by atoms with Crippen molar-refractivity contribution in [1.82, 2.24) is 0 Å². The van der Waals surface area contributed by atoms with Gasteiger partial charge in [0, 0.05) is 17.6 Å². The first-order valence-corrected chi connectivity index (χ1v) is 7.42. The van der Waals surface area contributed by atoms with Crippen LogP contribution in [-0.4, -0.2) is 11.0 Å². The van der Waals surface area contributed by atoms with E-state index in [1.165, 1.54) is 30.3 Å². The number of benzene rings is 2. The molecule has 3 N–H and O–H groups in total. The highest BCUT2D eigenvalue weighted by molar-refractivity contribution is 6.31. The first-order valence-electron chi connectivity index (χ1n) is 7.04. The lowest BCUT2D eigenvalue weighted by Crippen LogP contribution is -2.14. The molecule has 0 saturated heterocycles. The standard InChI is InChI=1S/C17H11ClF3N3O2/c18-15-6-3-12(7-14(15)17(19,20)21)23-9-10(8-22)16(26)24-11-1-4-13(25)5-2-11/h1-7,9,23,25H,(H,24,26)/b10-9-. The average molecular weight is 382 g/mol. The summed E-state index contributed by atoms with van der Waals surface area (Å²) in [6.07, 6.45) is -3.65. The van der Waals surface area contributed by atoms with Crippen LogP contribution in [-0.2, 0) is 11.0 Å². The second-order valence-electron chi connectivity index (χ2n) is 5.01. The van der Waals surface area contributed by atoms with E-state index in [0.29, 0.717) is 5.69 Å². The Bertz CT molecular complexity index is 888. The summed E-state index contributed by atoms with van der Waals surface area (Å²) in [5, 5.41) is 22.7. The minimum atomic E-state index is -4.63. The Balaban J connectivity index is 2.15. The van der Waals surface area contributed by atoms with Crippen molar-refractivity contribution in [1.29, 1.82) is 5.26 Å². The largest absolute Gasteiger partial charge is 0.508 e. The van der Waals surface area contributed by atoms with Gasteiger partial charge >= 0.3 is 6.18 Å². The zero-order chi connectivity index (χ0) is 19.3. The molecule has 0 heterocycles. The number of phenols is 1. The van der Waals surface area contributed by atoms with Crippen LogP contribution in [0.1, 0.15) is 5.56 Å². The molecule has 0 spiro atoms. The third-order valence-electron chi connectivity index (χ3n) is 3.15. The van der Waals surface area contributed by atoms with E-state index in [4.69, 9.17) is 16.9 Å². The first kappa shape index (κ1) is 19.1. The van der Waals surface area contributed by atoms with Crippen molar-refractivity contribution in [3.8, 4) is 11.8 Å². The quantitative estimate of drug-likeness (QED) is 0.413. The molecule has 0 atom stereocenters. The fourth-order valence-electron chi connectivity index (χ4n) is 1.88. The summed E-state index contributed by atoms with van der Waals surface area (Å²) in [4.78, 5) is 12.0. The molecule has 0 aliphatic rings. The molecule has 0 fully saturated rings. The van der Waals surface area contributed by atoms with Crippen LogP contribution in [0, 0.1) is 11.3 Å². The lowest BCUT2D eigenvalue weighted by molar-refractivity contribution is -0.137. The number of carbonyl (C=O) groups is 1. The van der Waals surface area contributed by atoms with Crippen LogP contribution >= 0.6 is 11.6 Å². The highest BCUT2D eigenvalue weighted by Crippen LogP contribution is 2.36. The van der Waals surface area contributed by atoms with Crippen LogP contribution in [0.4, 0.5) is 24.5 Å². The summed E-state index contributed by atoms with van der Waals surface area (Å²) in [7, 11) is 0. The number of aromatic hydroxyl groups is 1. The van der Waals surface area contributed by atoms with Gasteiger partial charge in [-0.05, 0) is 42.5 Å². The van der Waals surface area contributed by atoms with Crippen molar-refractivity contribution in [2.24, 2.45) is 0 Å². The van der Waals surface area contributed by atoms with Crippen molar-refractivity contribution in [2.45, 2.75) is 6.18 Å². The van der Waals surface area contributed by atoms with Gasteiger partial charge in [0.05, 0.1) is 10.6 Å². The molecule has 5 nitrogen and oxygen atoms in total. The number of nitriles is 1. The predicted octanol–water partition coefficient (Wildman–Crippen LogP) is 4.52. The molecule has 2 rings (SSSR count). The van der Waals surface area contributed by atoms with Gasteiger partial charge < -0.3 is 15.7 Å². The van der Waals surface area contributed by atoms with Gasteiger partial charge in [-0.3, -0.25) is 4.79 Å². The van der Waals surface area contributed by atoms with E-state index >= 15 is 0 Å². The van der Waals surface area contributed by atoms with Gasteiger partial charge in [-0.15, -0.1) is 0 Å². The van der Waals surface area contributed by atoms with Crippen molar-refractivity contribution >= 4 is 28.9 Å². The monoisotopic (exact) mass is 381 g/mol. The average Bonchev–Trinajstić information content (AvgIpc) is 2.58. The van der Waals surface area contributed by atoms with E-state index in [0.717, 1.165) is 18.3 Å². The minimum absolute atomic E-state index is 0.00363. The van der Waals surface area contributed by atoms with E-state index in [9.17, 15) is 23.1 Å². The van der Waals surface area contributed by atoms with Gasteiger partial charge in [0.2, 0.25) is 0 Å². The highest BCUT2D eigenvalue weighted by Gasteiger charge is 2.33. The number of nitrogens with zero attached hydrogens (tertiary/aromatic N) is 1. The van der Waals surface area contributed by atoms with E-state index in [2.05, 4.69) is 10.6 Å². The van der Waals surface area contributed by atoms with Crippen molar-refractivity contribution in [2.75, 3.05) is 10.6 Å². The zero-order valence-corrected chi connectivity index (χ0v) is 13.7. The summed E-state index contributed by atoms with van der Waals surface area (Å²) >= 11 is 5.53. The SMILES string of the molecule is N#C/C(=C/Nc1ccc(Cl)c(C(F)(F)F)c1)C(=O)Nc1ccc(O)cc1. The number of hydrogen-bond acceptors (Lipinski definition) is 4. The number of carbonyl (C=O) groups excluding carboxylic acids is 1. The summed E-state index contributed by atoms with van der Waals surface area (Å²) in [5.74, 6) is -0.764. The molecule has 134 valence electrons. The summed E-state index contributed by atoms with van der Waals surface area (Å²) in [6, 6.07) is 10.3. The molecule has 0 bridgehead atoms. The lowest BCUT2D eigenvalue weighted by Gasteiger charge is -2.11. The minimum Gasteiger partial charge on any atom is -0.508 e. The van der Waals surface area contributed by atoms with Gasteiger partial charge in [0.15, 0.2) is 0 Å². The van der Waals surface area contributed by atoms with Gasteiger partial charge in [-0.1, -0.05) is 11.6 Å². The molecule has 0 unspecified atom stereocenters. The smallest absolute Gasteiger partial charge is 0.417 e. The molecule has 0 aliphatic heterocycles. The maximum absolute atomic E-state index is 12.8. The van der Waals surface area contributed by atoms with Crippen LogP contribution in [0.5, 0.6) is 5.75 Å². The molecule has 9 heteroatoms. The van der Waals surface area contributed by atoms with E-state index in [-0.39, 0.29) is 17.0 Å². The van der Waals surface area contributed by atoms with Crippen LogP contribution in [0.15, 0.2) is 54.2 Å². The molecule has 2 aromatic carbocycles. The van der Waals surface area contributed by atoms with Crippen LogP contribution in [0.3, 0.4) is 0 Å². The molecule has 0 aromatic heterocycles. The Kier molecular flexibility index (Phi) is 5.75. The number of alkyl halides is 3. The van der Waals surface area contributed by atoms with Crippen LogP contribution in [0.25, 0.3) is 0 Å². The van der Waals surface area contributed by atoms with E-state index in [1.807, 2.05) is 0 Å². The van der Waals surface area contributed by atoms with Gasteiger partial charge in [-0.2, -0.15) is 18.4 Å². The Morgan fingerprint density at radius 1 is 1.15 bits per heavy atom. The molecular formula is C17H11ClF3N3O2. The zero-order valence-electron chi connectivity index (χ0n) is 12.9. The highest BCUT2D eigenvalue weighted by atomic mass is 35.5. The normalized spacial score (nSPS) is 11.6. The van der Waals surface area contributed by atoms with Crippen molar-refractivity contribution in [3.63, 3.8) is 0 Å². The molecule has 0 aliphatic carbocycles. The topological polar surface area (TPSA) is 85.2 Å². The second-order valence-corrected chi connectivity index (χ2v) is 5.41. The van der Waals surface area contributed by atoms with Gasteiger partial charge in [0.25, 0.3) is 5.91 Å². The summed E-state index contributed by atoms with van der Waals surface area (Å²) in [5.41, 5.74) is -1.06. The Labute approximate surface area is 151 Å². The van der Waals surface area contributed by atoms with Crippen molar-refractivity contribution in [3.05, 3.63) is 64.8 Å². The Hall–Kier alpha value is -3.18. The Morgan fingerprint density at radius 3 is 2.35 bits per heavy atom. The number of hydrogen-bond donors (Lipinski definition) is 3. The van der Waals surface area contributed by atoms with Crippen LogP contribution in [0.2, 0.25) is 5.02 Å². The fourth-order valence-corrected chi connectivity index (χ4v) is 2.10. The first-order chi connectivity index (χ1) is 12.2. The van der Waals surface area contributed by atoms with Gasteiger partial charge in [-0.25, -0.2) is 0 Å². The van der Waals surface area contributed by atoms with E-state index < -0.39 is 22.7 Å². The van der Waals surface area contributed by atoms with Crippen LogP contribution < -0.4 is 10.6 Å². The molecule has 1 amide bonds.